The summed E-state index contributed by atoms with van der Waals surface area (Å²) < 4.78 is 5.15. The molecule has 1 amide bonds. The average Bonchev–Trinajstić information content (AvgIpc) is 2.77. The summed E-state index contributed by atoms with van der Waals surface area (Å²) in [5.41, 5.74) is 4.13. The lowest BCUT2D eigenvalue weighted by Gasteiger charge is -2.52. The molecule has 0 heterocycles. The maximum atomic E-state index is 13.8. The molecule has 0 aromatic heterocycles. The van der Waals surface area contributed by atoms with Crippen molar-refractivity contribution in [3.05, 3.63) is 22.8 Å². The molecule has 6 atom stereocenters. The van der Waals surface area contributed by atoms with Gasteiger partial charge in [-0.15, -0.1) is 0 Å². The highest BCUT2D eigenvalue weighted by molar-refractivity contribution is 6.32. The Morgan fingerprint density at radius 3 is 2.33 bits per heavy atom. The number of amides is 1. The minimum atomic E-state index is -2.74. The summed E-state index contributed by atoms with van der Waals surface area (Å²) in [5, 5.41) is 22.6. The fourth-order valence-electron chi connectivity index (χ4n) is 6.37. The maximum absolute atomic E-state index is 13.8. The number of ketones is 4. The van der Waals surface area contributed by atoms with Gasteiger partial charge in [-0.25, -0.2) is 0 Å². The number of carbonyl (C=O) groups excluding carboxylic acids is 5. The molecule has 0 saturated heterocycles. The number of phenols is 1. The van der Waals surface area contributed by atoms with Crippen LogP contribution in [0.4, 0.5) is 5.69 Å². The van der Waals surface area contributed by atoms with E-state index in [1.54, 1.807) is 39.2 Å². The number of fused-ring (bicyclic) bond motifs is 3. The van der Waals surface area contributed by atoms with Crippen molar-refractivity contribution in [3.8, 4) is 5.75 Å². The number of hydrogen-bond donors (Lipinski definition) is 3. The minimum absolute atomic E-state index is 0.0113. The van der Waals surface area contributed by atoms with Crippen LogP contribution in [0.25, 0.3) is 0 Å². The van der Waals surface area contributed by atoms with Crippen LogP contribution in [-0.2, 0) is 36.9 Å². The number of Topliss-reactive ketones (excluding diaryl/α,β-unsaturated/α-hetero) is 4. The highest BCUT2D eigenvalue weighted by Gasteiger charge is 2.69. The first-order chi connectivity index (χ1) is 16.8. The van der Waals surface area contributed by atoms with Gasteiger partial charge in [0.05, 0.1) is 24.1 Å². The SMILES string of the molecule is COCc1cc(N(C)C)c2c(c1O)C(=O)C1C(=O)[C@]3(O)C(=O)C(C(N)=O)C(=O)[C@H](N(C)C)[C@@H]3C[C@@H]1C2. The number of aliphatic hydroxyl groups is 1. The van der Waals surface area contributed by atoms with Crippen LogP contribution in [-0.4, -0.2) is 91.1 Å². The zero-order valence-electron chi connectivity index (χ0n) is 20.9. The van der Waals surface area contributed by atoms with Gasteiger partial charge in [-0.3, -0.25) is 28.9 Å². The molecule has 11 heteroatoms. The molecule has 0 radical (unpaired) electrons. The van der Waals surface area contributed by atoms with Gasteiger partial charge in [0, 0.05) is 38.4 Å². The number of primary amides is 1. The molecule has 1 aromatic rings. The lowest BCUT2D eigenvalue weighted by Crippen LogP contribution is -2.74. The Morgan fingerprint density at radius 2 is 1.81 bits per heavy atom. The van der Waals surface area contributed by atoms with E-state index in [0.717, 1.165) is 0 Å². The zero-order valence-corrected chi connectivity index (χ0v) is 20.9. The fraction of sp³-hybridized carbons (Fsp3) is 0.560. The highest BCUT2D eigenvalue weighted by atomic mass is 16.5. The number of anilines is 1. The number of nitrogens with two attached hydrogens (primary N) is 1. The Balaban J connectivity index is 1.90. The van der Waals surface area contributed by atoms with Gasteiger partial charge in [0.25, 0.3) is 0 Å². The molecule has 2 saturated carbocycles. The Labute approximate surface area is 208 Å². The van der Waals surface area contributed by atoms with Crippen LogP contribution in [0.3, 0.4) is 0 Å². The number of nitrogens with zero attached hydrogens (tertiary/aromatic N) is 2. The summed E-state index contributed by atoms with van der Waals surface area (Å²) in [4.78, 5) is 69.4. The van der Waals surface area contributed by atoms with Crippen molar-refractivity contribution in [1.82, 2.24) is 4.90 Å². The van der Waals surface area contributed by atoms with E-state index in [1.165, 1.54) is 12.0 Å². The van der Waals surface area contributed by atoms with E-state index >= 15 is 0 Å². The lowest BCUT2D eigenvalue weighted by molar-refractivity contribution is -0.181. The van der Waals surface area contributed by atoms with E-state index in [2.05, 4.69) is 0 Å². The molecule has 3 aliphatic rings. The number of carbonyl (C=O) groups is 5. The van der Waals surface area contributed by atoms with Crippen molar-refractivity contribution in [1.29, 1.82) is 0 Å². The molecule has 0 aliphatic heterocycles. The van der Waals surface area contributed by atoms with E-state index in [9.17, 15) is 34.2 Å². The van der Waals surface area contributed by atoms with E-state index in [4.69, 9.17) is 10.5 Å². The summed E-state index contributed by atoms with van der Waals surface area (Å²) in [6, 6.07) is 0.595. The van der Waals surface area contributed by atoms with Gasteiger partial charge in [0.2, 0.25) is 5.91 Å². The molecular weight excluding hydrogens is 470 g/mol. The van der Waals surface area contributed by atoms with Gasteiger partial charge in [-0.05, 0) is 44.5 Å². The molecule has 4 rings (SSSR count). The lowest BCUT2D eigenvalue weighted by atomic mass is 9.52. The largest absolute Gasteiger partial charge is 0.507 e. The van der Waals surface area contributed by atoms with Crippen molar-refractivity contribution in [3.63, 3.8) is 0 Å². The third kappa shape index (κ3) is 3.40. The molecule has 0 bridgehead atoms. The number of methoxy groups -OCH3 is 1. The quantitative estimate of drug-likeness (QED) is 0.429. The van der Waals surface area contributed by atoms with Crippen LogP contribution in [0.2, 0.25) is 0 Å². The standard InChI is InChI=1S/C25H31N3O8/c1-27(2)14-8-11(9-36-5)19(29)16-12(14)6-10-7-13-18(28(3)4)21(31)17(24(26)34)23(33)25(13,35)22(32)15(10)20(16)30/h8,10,13,15,17-18,29,35H,6-7,9H2,1-5H3,(H2,26,34)/t10-,13-,15?,17?,18+,25-/m0/s1. The topological polar surface area (TPSA) is 168 Å². The highest BCUT2D eigenvalue weighted by Crippen LogP contribution is 2.52. The van der Waals surface area contributed by atoms with Crippen molar-refractivity contribution >= 4 is 34.7 Å². The Hall–Kier alpha value is -3.15. The van der Waals surface area contributed by atoms with Gasteiger partial charge in [0.1, 0.15) is 5.75 Å². The second kappa shape index (κ2) is 8.75. The van der Waals surface area contributed by atoms with Crippen molar-refractivity contribution < 1.29 is 38.9 Å². The Morgan fingerprint density at radius 1 is 1.17 bits per heavy atom. The average molecular weight is 502 g/mol. The predicted octanol–water partition coefficient (Wildman–Crippen LogP) is -0.921. The Bertz CT molecular complexity index is 1190. The zero-order chi connectivity index (χ0) is 26.9. The molecule has 4 N–H and O–H groups in total. The predicted molar refractivity (Wildman–Crippen MR) is 126 cm³/mol. The molecule has 1 aromatic carbocycles. The first kappa shape index (κ1) is 25.9. The third-order valence-electron chi connectivity index (χ3n) is 7.90. The molecule has 36 heavy (non-hydrogen) atoms. The van der Waals surface area contributed by atoms with Gasteiger partial charge < -0.3 is 25.6 Å². The molecule has 11 nitrogen and oxygen atoms in total. The smallest absolute Gasteiger partial charge is 0.235 e. The summed E-state index contributed by atoms with van der Waals surface area (Å²) in [6.07, 6.45) is 0.220. The summed E-state index contributed by atoms with van der Waals surface area (Å²) in [7, 11) is 8.12. The summed E-state index contributed by atoms with van der Waals surface area (Å²) >= 11 is 0. The number of aromatic hydroxyl groups is 1. The molecule has 3 aliphatic carbocycles. The molecule has 2 unspecified atom stereocenters. The van der Waals surface area contributed by atoms with Crippen LogP contribution in [0.5, 0.6) is 5.75 Å². The van der Waals surface area contributed by atoms with Crippen LogP contribution < -0.4 is 10.6 Å². The van der Waals surface area contributed by atoms with Gasteiger partial charge in [-0.1, -0.05) is 0 Å². The summed E-state index contributed by atoms with van der Waals surface area (Å²) in [5.74, 6) is -10.6. The number of hydrogen-bond acceptors (Lipinski definition) is 10. The van der Waals surface area contributed by atoms with Crippen molar-refractivity contribution in [2.75, 3.05) is 40.2 Å². The van der Waals surface area contributed by atoms with Crippen molar-refractivity contribution in [2.24, 2.45) is 29.4 Å². The van der Waals surface area contributed by atoms with Crippen molar-refractivity contribution in [2.45, 2.75) is 31.1 Å². The number of phenolic OH excluding ortho intramolecular Hbond substituents is 1. The van der Waals surface area contributed by atoms with Crippen LogP contribution >= 0.6 is 0 Å². The van der Waals surface area contributed by atoms with E-state index in [1.807, 2.05) is 0 Å². The van der Waals surface area contributed by atoms with E-state index < -0.39 is 64.4 Å². The first-order valence-corrected chi connectivity index (χ1v) is 11.7. The molecule has 0 spiro atoms. The van der Waals surface area contributed by atoms with Gasteiger partial charge >= 0.3 is 0 Å². The number of rotatable bonds is 5. The Kier molecular flexibility index (Phi) is 6.30. The van der Waals surface area contributed by atoms with Crippen LogP contribution in [0.1, 0.15) is 27.9 Å². The number of benzene rings is 1. The maximum Gasteiger partial charge on any atom is 0.235 e. The molecular formula is C25H31N3O8. The fourth-order valence-corrected chi connectivity index (χ4v) is 6.37. The van der Waals surface area contributed by atoms with Crippen LogP contribution in [0, 0.1) is 23.7 Å². The van der Waals surface area contributed by atoms with Crippen LogP contribution in [0.15, 0.2) is 6.07 Å². The van der Waals surface area contributed by atoms with Gasteiger partial charge in [-0.2, -0.15) is 0 Å². The second-order valence-electron chi connectivity index (χ2n) is 10.4. The number of likely N-dealkylation sites (N-methyl/N-ethyl adjacent to an activating group) is 1. The molecule has 194 valence electrons. The second-order valence-corrected chi connectivity index (χ2v) is 10.4. The van der Waals surface area contributed by atoms with E-state index in [0.29, 0.717) is 16.8 Å². The van der Waals surface area contributed by atoms with E-state index in [-0.39, 0.29) is 30.8 Å². The molecule has 2 fully saturated rings. The summed E-state index contributed by atoms with van der Waals surface area (Å²) in [6.45, 7) is 0.0205. The minimum Gasteiger partial charge on any atom is -0.507 e. The van der Waals surface area contributed by atoms with Gasteiger partial charge in [0.15, 0.2) is 34.7 Å². The normalized spacial score (nSPS) is 31.7. The number of ether oxygens (including phenoxy) is 1. The monoisotopic (exact) mass is 501 g/mol. The first-order valence-electron chi connectivity index (χ1n) is 11.7. The third-order valence-corrected chi connectivity index (χ3v) is 7.90.